The van der Waals surface area contributed by atoms with E-state index in [9.17, 15) is 4.79 Å². The second-order valence-electron chi connectivity index (χ2n) is 5.74. The molecule has 4 rings (SSSR count). The summed E-state index contributed by atoms with van der Waals surface area (Å²) < 4.78 is 0. The van der Waals surface area contributed by atoms with E-state index in [4.69, 9.17) is 5.73 Å². The smallest absolute Gasteiger partial charge is 0.159 e. The molecule has 0 bridgehead atoms. The Hall–Kier alpha value is -3.27. The molecule has 1 heterocycles. The van der Waals surface area contributed by atoms with E-state index in [2.05, 4.69) is 22.1 Å². The molecule has 4 heteroatoms. The summed E-state index contributed by atoms with van der Waals surface area (Å²) in [5.74, 6) is 0.348. The Kier molecular flexibility index (Phi) is 3.24. The number of rotatable bonds is 3. The van der Waals surface area contributed by atoms with Crippen molar-refractivity contribution in [1.29, 1.82) is 0 Å². The van der Waals surface area contributed by atoms with E-state index >= 15 is 0 Å². The van der Waals surface area contributed by atoms with Gasteiger partial charge in [0.25, 0.3) is 0 Å². The average Bonchev–Trinajstić information content (AvgIpc) is 2.96. The summed E-state index contributed by atoms with van der Waals surface area (Å²) in [5, 5.41) is 2.24. The lowest BCUT2D eigenvalue weighted by Crippen LogP contribution is -2.23. The number of ketones is 1. The van der Waals surface area contributed by atoms with Crippen LogP contribution in [0.4, 0.5) is 11.4 Å². The van der Waals surface area contributed by atoms with Crippen LogP contribution in [0.1, 0.15) is 22.8 Å². The minimum Gasteiger partial charge on any atom is -0.382 e. The van der Waals surface area contributed by atoms with E-state index in [-0.39, 0.29) is 5.78 Å². The number of Topliss-reactive ketones (excluding diaryl/α,β-unsaturated/α-hetero) is 1. The quantitative estimate of drug-likeness (QED) is 0.448. The number of nitrogens with two attached hydrogens (primary N) is 1. The topological polar surface area (TPSA) is 67.8 Å². The number of aliphatic imine (C=N–C) groups is 2. The predicted molar refractivity (Wildman–Crippen MR) is 97.9 cm³/mol. The third-order valence-electron chi connectivity index (χ3n) is 4.11. The van der Waals surface area contributed by atoms with Gasteiger partial charge in [-0.2, -0.15) is 0 Å². The number of carbonyl (C=O) groups is 1. The first kappa shape index (κ1) is 14.3. The SMILES string of the molecule is CC(=O)c1cccc(N=C(N)C2=Nc3cccc4cccc2c34)c1. The van der Waals surface area contributed by atoms with E-state index in [1.165, 1.54) is 6.92 Å². The molecule has 0 spiro atoms. The van der Waals surface area contributed by atoms with Gasteiger partial charge in [0.15, 0.2) is 11.6 Å². The van der Waals surface area contributed by atoms with Crippen LogP contribution in [-0.4, -0.2) is 17.3 Å². The van der Waals surface area contributed by atoms with Gasteiger partial charge in [-0.25, -0.2) is 9.98 Å². The van der Waals surface area contributed by atoms with Crippen LogP contribution < -0.4 is 5.73 Å². The molecule has 0 fully saturated rings. The fraction of sp³-hybridized carbons (Fsp3) is 0.0500. The zero-order valence-electron chi connectivity index (χ0n) is 13.2. The monoisotopic (exact) mass is 313 g/mol. The fourth-order valence-corrected chi connectivity index (χ4v) is 2.97. The highest BCUT2D eigenvalue weighted by Crippen LogP contribution is 2.35. The van der Waals surface area contributed by atoms with Crippen molar-refractivity contribution in [1.82, 2.24) is 0 Å². The molecular formula is C20H15N3O. The Bertz CT molecular complexity index is 1040. The predicted octanol–water partition coefficient (Wildman–Crippen LogP) is 4.17. The molecule has 0 aromatic heterocycles. The number of amidine groups is 1. The second-order valence-corrected chi connectivity index (χ2v) is 5.74. The molecule has 0 amide bonds. The van der Waals surface area contributed by atoms with Crippen molar-refractivity contribution in [3.63, 3.8) is 0 Å². The average molecular weight is 313 g/mol. The van der Waals surface area contributed by atoms with Gasteiger partial charge >= 0.3 is 0 Å². The van der Waals surface area contributed by atoms with Gasteiger partial charge < -0.3 is 5.73 Å². The van der Waals surface area contributed by atoms with Gasteiger partial charge in [0, 0.05) is 16.5 Å². The summed E-state index contributed by atoms with van der Waals surface area (Å²) in [7, 11) is 0. The Morgan fingerprint density at radius 3 is 2.58 bits per heavy atom. The number of hydrogen-bond donors (Lipinski definition) is 1. The van der Waals surface area contributed by atoms with Crippen molar-refractivity contribution in [2.45, 2.75) is 6.92 Å². The van der Waals surface area contributed by atoms with Crippen LogP contribution in [0.25, 0.3) is 10.8 Å². The first-order valence-electron chi connectivity index (χ1n) is 7.70. The molecule has 4 nitrogen and oxygen atoms in total. The summed E-state index contributed by atoms with van der Waals surface area (Å²) in [5.41, 5.74) is 10.1. The van der Waals surface area contributed by atoms with E-state index in [1.807, 2.05) is 30.3 Å². The van der Waals surface area contributed by atoms with Crippen molar-refractivity contribution in [2.24, 2.45) is 15.7 Å². The van der Waals surface area contributed by atoms with Crippen molar-refractivity contribution >= 4 is 39.5 Å². The number of nitrogens with zero attached hydrogens (tertiary/aromatic N) is 2. The zero-order chi connectivity index (χ0) is 16.7. The molecule has 0 atom stereocenters. The van der Waals surface area contributed by atoms with Gasteiger partial charge in [-0.1, -0.05) is 42.5 Å². The molecule has 0 saturated heterocycles. The van der Waals surface area contributed by atoms with E-state index in [0.29, 0.717) is 22.8 Å². The lowest BCUT2D eigenvalue weighted by molar-refractivity contribution is 0.101. The molecule has 1 aliphatic rings. The molecule has 2 N–H and O–H groups in total. The Balaban J connectivity index is 1.79. The number of hydrogen-bond acceptors (Lipinski definition) is 3. The number of benzene rings is 3. The molecule has 3 aromatic rings. The molecule has 0 unspecified atom stereocenters. The van der Waals surface area contributed by atoms with Crippen molar-refractivity contribution in [3.8, 4) is 0 Å². The van der Waals surface area contributed by atoms with Crippen LogP contribution in [-0.2, 0) is 0 Å². The van der Waals surface area contributed by atoms with Crippen LogP contribution in [0.5, 0.6) is 0 Å². The zero-order valence-corrected chi connectivity index (χ0v) is 13.2. The molecule has 0 saturated carbocycles. The highest BCUT2D eigenvalue weighted by molar-refractivity contribution is 6.51. The lowest BCUT2D eigenvalue weighted by Gasteiger charge is -2.04. The lowest BCUT2D eigenvalue weighted by atomic mass is 10.0. The second kappa shape index (κ2) is 5.42. The van der Waals surface area contributed by atoms with Crippen LogP contribution in [0.15, 0.2) is 70.6 Å². The van der Waals surface area contributed by atoms with E-state index < -0.39 is 0 Å². The summed E-state index contributed by atoms with van der Waals surface area (Å²) >= 11 is 0. The summed E-state index contributed by atoms with van der Waals surface area (Å²) in [6.07, 6.45) is 0. The van der Waals surface area contributed by atoms with Gasteiger partial charge in [-0.15, -0.1) is 0 Å². The van der Waals surface area contributed by atoms with Crippen molar-refractivity contribution in [3.05, 3.63) is 71.8 Å². The maximum atomic E-state index is 11.5. The van der Waals surface area contributed by atoms with E-state index in [0.717, 1.165) is 22.0 Å². The minimum atomic E-state index is 0.000927. The minimum absolute atomic E-state index is 0.000927. The van der Waals surface area contributed by atoms with Crippen LogP contribution in [0.3, 0.4) is 0 Å². The van der Waals surface area contributed by atoms with Gasteiger partial charge in [-0.3, -0.25) is 4.79 Å². The molecular weight excluding hydrogens is 298 g/mol. The summed E-state index contributed by atoms with van der Waals surface area (Å²) in [6, 6.07) is 19.2. The van der Waals surface area contributed by atoms with Gasteiger partial charge in [0.05, 0.1) is 11.4 Å². The fourth-order valence-electron chi connectivity index (χ4n) is 2.97. The Labute approximate surface area is 139 Å². The van der Waals surface area contributed by atoms with Gasteiger partial charge in [0.1, 0.15) is 5.71 Å². The van der Waals surface area contributed by atoms with Crippen LogP contribution in [0.2, 0.25) is 0 Å². The van der Waals surface area contributed by atoms with Gasteiger partial charge in [0.2, 0.25) is 0 Å². The van der Waals surface area contributed by atoms with E-state index in [1.54, 1.807) is 18.2 Å². The highest BCUT2D eigenvalue weighted by atomic mass is 16.1. The first-order valence-corrected chi connectivity index (χ1v) is 7.70. The highest BCUT2D eigenvalue weighted by Gasteiger charge is 2.20. The molecule has 1 aliphatic heterocycles. The summed E-state index contributed by atoms with van der Waals surface area (Å²) in [6.45, 7) is 1.53. The third-order valence-corrected chi connectivity index (χ3v) is 4.11. The molecule has 0 aliphatic carbocycles. The van der Waals surface area contributed by atoms with Crippen LogP contribution in [0, 0.1) is 0 Å². The molecule has 0 radical (unpaired) electrons. The first-order chi connectivity index (χ1) is 11.6. The Morgan fingerprint density at radius 2 is 1.79 bits per heavy atom. The number of carbonyl (C=O) groups excluding carboxylic acids is 1. The van der Waals surface area contributed by atoms with Gasteiger partial charge in [-0.05, 0) is 30.5 Å². The normalized spacial score (nSPS) is 13.2. The maximum absolute atomic E-state index is 11.5. The van der Waals surface area contributed by atoms with Crippen molar-refractivity contribution < 1.29 is 4.79 Å². The Morgan fingerprint density at radius 1 is 1.04 bits per heavy atom. The molecule has 116 valence electrons. The van der Waals surface area contributed by atoms with Crippen molar-refractivity contribution in [2.75, 3.05) is 0 Å². The molecule has 24 heavy (non-hydrogen) atoms. The third kappa shape index (κ3) is 2.29. The summed E-state index contributed by atoms with van der Waals surface area (Å²) in [4.78, 5) is 20.6. The largest absolute Gasteiger partial charge is 0.382 e. The standard InChI is InChI=1S/C20H15N3O/c1-12(24)14-7-2-8-15(11-14)22-20(21)19-16-9-3-5-13-6-4-10-17(23-19)18(13)16/h2-11H,1H3,(H2,21,22). The van der Waals surface area contributed by atoms with Crippen LogP contribution >= 0.6 is 0 Å². The maximum Gasteiger partial charge on any atom is 0.159 e. The molecule has 3 aromatic carbocycles.